The molecule has 5 heteroatoms. The lowest BCUT2D eigenvalue weighted by molar-refractivity contribution is 0.555. The van der Waals surface area contributed by atoms with Crippen molar-refractivity contribution in [3.05, 3.63) is 50.1 Å². The largest absolute Gasteiger partial charge is 0.309 e. The van der Waals surface area contributed by atoms with E-state index in [1.54, 1.807) is 11.3 Å². The number of likely N-dealkylation sites (N-methyl/N-ethyl adjacent to an activating group) is 1. The third-order valence-electron chi connectivity index (χ3n) is 2.87. The van der Waals surface area contributed by atoms with E-state index in [2.05, 4.69) is 33.2 Å². The van der Waals surface area contributed by atoms with E-state index in [1.165, 1.54) is 17.0 Å². The molecular formula is C14H16BrFN2S. The lowest BCUT2D eigenvalue weighted by atomic mass is 10.0. The Bertz CT molecular complexity index is 556. The van der Waals surface area contributed by atoms with Crippen molar-refractivity contribution < 1.29 is 4.39 Å². The van der Waals surface area contributed by atoms with E-state index in [0.717, 1.165) is 28.0 Å². The minimum Gasteiger partial charge on any atom is -0.309 e. The molecule has 0 amide bonds. The summed E-state index contributed by atoms with van der Waals surface area (Å²) in [4.78, 5) is 5.52. The van der Waals surface area contributed by atoms with Crippen LogP contribution in [0.3, 0.4) is 0 Å². The van der Waals surface area contributed by atoms with Gasteiger partial charge in [-0.15, -0.1) is 11.3 Å². The Morgan fingerprint density at radius 1 is 1.47 bits per heavy atom. The lowest BCUT2D eigenvalue weighted by Gasteiger charge is -2.17. The van der Waals surface area contributed by atoms with E-state index in [0.29, 0.717) is 0 Å². The maximum Gasteiger partial charge on any atom is 0.124 e. The highest BCUT2D eigenvalue weighted by molar-refractivity contribution is 9.10. The van der Waals surface area contributed by atoms with E-state index < -0.39 is 0 Å². The van der Waals surface area contributed by atoms with Gasteiger partial charge < -0.3 is 5.32 Å². The molecule has 0 radical (unpaired) electrons. The van der Waals surface area contributed by atoms with Crippen molar-refractivity contribution >= 4 is 27.3 Å². The first kappa shape index (κ1) is 14.6. The third kappa shape index (κ3) is 3.84. The topological polar surface area (TPSA) is 24.9 Å². The quantitative estimate of drug-likeness (QED) is 0.878. The van der Waals surface area contributed by atoms with Crippen LogP contribution in [0.2, 0.25) is 0 Å². The molecule has 1 aromatic carbocycles. The van der Waals surface area contributed by atoms with Gasteiger partial charge in [-0.3, -0.25) is 0 Å². The fraction of sp³-hybridized carbons (Fsp3) is 0.357. The van der Waals surface area contributed by atoms with Crippen molar-refractivity contribution in [2.75, 3.05) is 6.54 Å². The minimum absolute atomic E-state index is 0.218. The molecule has 19 heavy (non-hydrogen) atoms. The second-order valence-electron chi connectivity index (χ2n) is 4.33. The summed E-state index contributed by atoms with van der Waals surface area (Å²) in [6.45, 7) is 4.98. The molecule has 0 aliphatic rings. The smallest absolute Gasteiger partial charge is 0.124 e. The Morgan fingerprint density at radius 3 is 2.84 bits per heavy atom. The molecule has 0 spiro atoms. The van der Waals surface area contributed by atoms with Crippen LogP contribution < -0.4 is 5.32 Å². The van der Waals surface area contributed by atoms with Crippen LogP contribution in [0, 0.1) is 12.7 Å². The molecule has 1 N–H and O–H groups in total. The molecule has 1 aromatic heterocycles. The molecule has 0 aliphatic heterocycles. The first-order valence-corrected chi connectivity index (χ1v) is 7.80. The highest BCUT2D eigenvalue weighted by Crippen LogP contribution is 2.27. The lowest BCUT2D eigenvalue weighted by Crippen LogP contribution is -2.22. The van der Waals surface area contributed by atoms with Crippen molar-refractivity contribution in [1.29, 1.82) is 0 Å². The summed E-state index contributed by atoms with van der Waals surface area (Å²) in [7, 11) is 0. The van der Waals surface area contributed by atoms with Gasteiger partial charge >= 0.3 is 0 Å². The van der Waals surface area contributed by atoms with E-state index in [1.807, 2.05) is 19.2 Å². The molecule has 0 saturated carbocycles. The maximum absolute atomic E-state index is 13.1. The zero-order valence-corrected chi connectivity index (χ0v) is 13.3. The number of benzene rings is 1. The van der Waals surface area contributed by atoms with Gasteiger partial charge in [-0.05, 0) is 37.6 Å². The number of halogens is 2. The van der Waals surface area contributed by atoms with Gasteiger partial charge in [-0.25, -0.2) is 9.37 Å². The summed E-state index contributed by atoms with van der Waals surface area (Å²) in [5.74, 6) is -0.218. The number of aromatic nitrogens is 1. The van der Waals surface area contributed by atoms with Crippen LogP contribution >= 0.6 is 27.3 Å². The van der Waals surface area contributed by atoms with Crippen LogP contribution in [-0.2, 0) is 6.42 Å². The summed E-state index contributed by atoms with van der Waals surface area (Å²) in [5, 5.41) is 4.52. The highest BCUT2D eigenvalue weighted by Gasteiger charge is 2.15. The summed E-state index contributed by atoms with van der Waals surface area (Å²) in [6, 6.07) is 5.06. The second-order valence-corrected chi connectivity index (χ2v) is 6.45. The molecule has 0 saturated heterocycles. The molecule has 102 valence electrons. The minimum atomic E-state index is -0.218. The Kier molecular flexibility index (Phi) is 5.07. The molecule has 2 rings (SSSR count). The van der Waals surface area contributed by atoms with E-state index in [-0.39, 0.29) is 11.9 Å². The summed E-state index contributed by atoms with van der Waals surface area (Å²) < 4.78 is 13.9. The van der Waals surface area contributed by atoms with Gasteiger partial charge in [-0.2, -0.15) is 0 Å². The van der Waals surface area contributed by atoms with Gasteiger partial charge in [0.2, 0.25) is 0 Å². The van der Waals surface area contributed by atoms with Crippen LogP contribution in [0.15, 0.2) is 28.9 Å². The van der Waals surface area contributed by atoms with Crippen LogP contribution in [0.5, 0.6) is 0 Å². The van der Waals surface area contributed by atoms with Gasteiger partial charge in [0.1, 0.15) is 5.82 Å². The van der Waals surface area contributed by atoms with Gasteiger partial charge in [0.15, 0.2) is 0 Å². The van der Waals surface area contributed by atoms with E-state index in [4.69, 9.17) is 0 Å². The van der Waals surface area contributed by atoms with Crippen molar-refractivity contribution in [3.63, 3.8) is 0 Å². The number of hydrogen-bond donors (Lipinski definition) is 1. The number of rotatable bonds is 5. The predicted octanol–water partition coefficient (Wildman–Crippen LogP) is 4.25. The zero-order valence-electron chi connectivity index (χ0n) is 10.9. The van der Waals surface area contributed by atoms with Gasteiger partial charge in [0.25, 0.3) is 0 Å². The Morgan fingerprint density at radius 2 is 2.26 bits per heavy atom. The zero-order chi connectivity index (χ0) is 13.8. The first-order chi connectivity index (χ1) is 9.10. The van der Waals surface area contributed by atoms with Crippen LogP contribution in [0.4, 0.5) is 4.39 Å². The first-order valence-electron chi connectivity index (χ1n) is 6.19. The molecule has 1 unspecified atom stereocenters. The van der Waals surface area contributed by atoms with Crippen LogP contribution in [0.1, 0.15) is 28.4 Å². The van der Waals surface area contributed by atoms with Crippen LogP contribution in [0.25, 0.3) is 0 Å². The number of nitrogens with zero attached hydrogens (tertiary/aromatic N) is 1. The normalized spacial score (nSPS) is 12.6. The molecule has 1 atom stereocenters. The third-order valence-corrected chi connectivity index (χ3v) is 4.64. The Labute approximate surface area is 125 Å². The molecule has 1 heterocycles. The monoisotopic (exact) mass is 342 g/mol. The van der Waals surface area contributed by atoms with Crippen molar-refractivity contribution in [3.8, 4) is 0 Å². The SMILES string of the molecule is CCNC(Cc1ccc(F)cc1Br)c1cnc(C)s1. The fourth-order valence-electron chi connectivity index (χ4n) is 1.97. The number of hydrogen-bond acceptors (Lipinski definition) is 3. The fourth-order valence-corrected chi connectivity index (χ4v) is 3.34. The standard InChI is InChI=1S/C14H16BrFN2S/c1-3-17-13(14-8-18-9(2)19-14)6-10-4-5-11(16)7-12(10)15/h4-5,7-8,13,17H,3,6H2,1-2H3. The maximum atomic E-state index is 13.1. The highest BCUT2D eigenvalue weighted by atomic mass is 79.9. The predicted molar refractivity (Wildman–Crippen MR) is 81.1 cm³/mol. The van der Waals surface area contributed by atoms with Gasteiger partial charge in [-0.1, -0.05) is 28.9 Å². The van der Waals surface area contributed by atoms with Crippen molar-refractivity contribution in [2.24, 2.45) is 0 Å². The molecule has 2 aromatic rings. The van der Waals surface area contributed by atoms with Crippen molar-refractivity contribution in [2.45, 2.75) is 26.3 Å². The van der Waals surface area contributed by atoms with Gasteiger partial charge in [0.05, 0.1) is 5.01 Å². The van der Waals surface area contributed by atoms with Crippen molar-refractivity contribution in [1.82, 2.24) is 10.3 Å². The number of nitrogens with one attached hydrogen (secondary N) is 1. The van der Waals surface area contributed by atoms with E-state index >= 15 is 0 Å². The molecule has 0 aliphatic carbocycles. The Hall–Kier alpha value is -0.780. The summed E-state index contributed by atoms with van der Waals surface area (Å²) in [5.41, 5.74) is 1.10. The molecule has 0 bridgehead atoms. The van der Waals surface area contributed by atoms with Gasteiger partial charge in [0, 0.05) is 21.6 Å². The molecule has 2 nitrogen and oxygen atoms in total. The average Bonchev–Trinajstić information content (AvgIpc) is 2.78. The Balaban J connectivity index is 2.21. The number of aryl methyl sites for hydroxylation is 1. The number of thiazole rings is 1. The summed E-state index contributed by atoms with van der Waals surface area (Å²) in [6.07, 6.45) is 2.74. The van der Waals surface area contributed by atoms with E-state index in [9.17, 15) is 4.39 Å². The average molecular weight is 343 g/mol. The summed E-state index contributed by atoms with van der Waals surface area (Å²) >= 11 is 5.13. The second kappa shape index (κ2) is 6.59. The molecule has 0 fully saturated rings. The molecular weight excluding hydrogens is 327 g/mol. The van der Waals surface area contributed by atoms with Crippen LogP contribution in [-0.4, -0.2) is 11.5 Å².